The third kappa shape index (κ3) is 5.26. The summed E-state index contributed by atoms with van der Waals surface area (Å²) in [6, 6.07) is 6.28. The van der Waals surface area contributed by atoms with Gasteiger partial charge in [0, 0.05) is 18.3 Å². The SMILES string of the molecule is CCCCn1c(CSc2nc(CCC)cc(=O)[nH]2)nc2cc(S(N)(=O)=O)ccc21. The molecule has 0 fully saturated rings. The fourth-order valence-corrected chi connectivity index (χ4v) is 4.46. The van der Waals surface area contributed by atoms with Gasteiger partial charge in [0.1, 0.15) is 5.82 Å². The first-order valence-corrected chi connectivity index (χ1v) is 12.1. The van der Waals surface area contributed by atoms with Crippen LogP contribution in [-0.4, -0.2) is 27.9 Å². The highest BCUT2D eigenvalue weighted by Crippen LogP contribution is 2.25. The number of nitrogens with zero attached hydrogens (tertiary/aromatic N) is 3. The minimum absolute atomic E-state index is 0.0441. The van der Waals surface area contributed by atoms with Crippen molar-refractivity contribution in [2.75, 3.05) is 0 Å². The van der Waals surface area contributed by atoms with E-state index in [4.69, 9.17) is 5.14 Å². The zero-order valence-corrected chi connectivity index (χ0v) is 18.1. The van der Waals surface area contributed by atoms with Gasteiger partial charge >= 0.3 is 0 Å². The van der Waals surface area contributed by atoms with Crippen molar-refractivity contribution in [1.29, 1.82) is 0 Å². The molecular weight excluding hydrogens is 410 g/mol. The second-order valence-corrected chi connectivity index (χ2v) is 9.33. The van der Waals surface area contributed by atoms with Crippen molar-refractivity contribution in [2.45, 2.75) is 61.9 Å². The molecular formula is C19H25N5O3S2. The van der Waals surface area contributed by atoms with E-state index >= 15 is 0 Å². The number of primary sulfonamides is 1. The summed E-state index contributed by atoms with van der Waals surface area (Å²) in [4.78, 5) is 23.8. The first-order valence-electron chi connectivity index (χ1n) is 9.56. The van der Waals surface area contributed by atoms with Crippen molar-refractivity contribution in [1.82, 2.24) is 19.5 Å². The maximum absolute atomic E-state index is 11.9. The number of aromatic nitrogens is 4. The second-order valence-electron chi connectivity index (χ2n) is 6.81. The molecule has 0 spiro atoms. The van der Waals surface area contributed by atoms with Gasteiger partial charge in [-0.3, -0.25) is 4.79 Å². The third-order valence-corrected chi connectivity index (χ3v) is 6.26. The highest BCUT2D eigenvalue weighted by molar-refractivity contribution is 7.98. The summed E-state index contributed by atoms with van der Waals surface area (Å²) in [6.45, 7) is 4.93. The number of imidazole rings is 1. The molecule has 156 valence electrons. The molecule has 0 saturated carbocycles. The Morgan fingerprint density at radius 2 is 1.97 bits per heavy atom. The Balaban J connectivity index is 1.94. The van der Waals surface area contributed by atoms with E-state index < -0.39 is 10.0 Å². The third-order valence-electron chi connectivity index (χ3n) is 4.48. The molecule has 2 aromatic heterocycles. The fraction of sp³-hybridized carbons (Fsp3) is 0.421. The predicted molar refractivity (Wildman–Crippen MR) is 114 cm³/mol. The van der Waals surface area contributed by atoms with Crippen molar-refractivity contribution >= 4 is 32.8 Å². The summed E-state index contributed by atoms with van der Waals surface area (Å²) in [5.74, 6) is 1.30. The molecule has 0 bridgehead atoms. The van der Waals surface area contributed by atoms with Gasteiger partial charge in [0.25, 0.3) is 5.56 Å². The summed E-state index contributed by atoms with van der Waals surface area (Å²) in [7, 11) is -3.79. The molecule has 29 heavy (non-hydrogen) atoms. The molecule has 0 unspecified atom stereocenters. The van der Waals surface area contributed by atoms with Crippen LogP contribution in [0, 0.1) is 0 Å². The summed E-state index contributed by atoms with van der Waals surface area (Å²) >= 11 is 1.41. The summed E-state index contributed by atoms with van der Waals surface area (Å²) < 4.78 is 25.4. The van der Waals surface area contributed by atoms with Crippen LogP contribution < -0.4 is 10.7 Å². The lowest BCUT2D eigenvalue weighted by molar-refractivity contribution is 0.598. The highest BCUT2D eigenvalue weighted by Gasteiger charge is 2.15. The Hall–Kier alpha value is -2.17. The van der Waals surface area contributed by atoms with Crippen LogP contribution in [0.1, 0.15) is 44.6 Å². The molecule has 0 aliphatic carbocycles. The minimum Gasteiger partial charge on any atom is -0.327 e. The quantitative estimate of drug-likeness (QED) is 0.393. The molecule has 3 N–H and O–H groups in total. The number of unbranched alkanes of at least 4 members (excludes halogenated alkanes) is 1. The topological polar surface area (TPSA) is 124 Å². The van der Waals surface area contributed by atoms with Gasteiger partial charge in [0.15, 0.2) is 5.16 Å². The molecule has 0 atom stereocenters. The van der Waals surface area contributed by atoms with Crippen molar-refractivity contribution in [3.63, 3.8) is 0 Å². The average molecular weight is 436 g/mol. The van der Waals surface area contributed by atoms with E-state index in [0.29, 0.717) is 16.4 Å². The first kappa shape index (κ1) is 21.5. The standard InChI is InChI=1S/C19H25N5O3S2/c1-3-5-9-24-16-8-7-14(29(20,26)27)11-15(16)22-17(24)12-28-19-21-13(6-4-2)10-18(25)23-19/h7-8,10-11H,3-6,9,12H2,1-2H3,(H2,20,26,27)(H,21,23,25). The number of fused-ring (bicyclic) bond motifs is 1. The second kappa shape index (κ2) is 9.10. The lowest BCUT2D eigenvalue weighted by Gasteiger charge is -2.09. The van der Waals surface area contributed by atoms with Gasteiger partial charge in [-0.05, 0) is 31.0 Å². The van der Waals surface area contributed by atoms with Gasteiger partial charge in [-0.1, -0.05) is 38.5 Å². The number of rotatable bonds is 9. The fourth-order valence-electron chi connectivity index (χ4n) is 3.08. The number of hydrogen-bond acceptors (Lipinski definition) is 6. The van der Waals surface area contributed by atoms with E-state index in [2.05, 4.69) is 26.4 Å². The Bertz CT molecular complexity index is 1170. The Morgan fingerprint density at radius 1 is 1.17 bits per heavy atom. The maximum Gasteiger partial charge on any atom is 0.251 e. The molecule has 8 nitrogen and oxygen atoms in total. The van der Waals surface area contributed by atoms with Crippen LogP contribution >= 0.6 is 11.8 Å². The lowest BCUT2D eigenvalue weighted by atomic mass is 10.2. The number of H-pyrrole nitrogens is 1. The van der Waals surface area contributed by atoms with Gasteiger partial charge in [-0.25, -0.2) is 23.5 Å². The summed E-state index contributed by atoms with van der Waals surface area (Å²) in [5, 5.41) is 5.81. The highest BCUT2D eigenvalue weighted by atomic mass is 32.2. The number of aryl methyl sites for hydroxylation is 2. The van der Waals surface area contributed by atoms with Crippen molar-refractivity contribution in [2.24, 2.45) is 5.14 Å². The monoisotopic (exact) mass is 435 g/mol. The molecule has 0 radical (unpaired) electrons. The minimum atomic E-state index is -3.79. The molecule has 1 aromatic carbocycles. The molecule has 3 aromatic rings. The van der Waals surface area contributed by atoms with Crippen LogP contribution in [0.3, 0.4) is 0 Å². The van der Waals surface area contributed by atoms with Crippen LogP contribution in [-0.2, 0) is 28.7 Å². The van der Waals surface area contributed by atoms with Crippen molar-refractivity contribution in [3.8, 4) is 0 Å². The summed E-state index contributed by atoms with van der Waals surface area (Å²) in [5.41, 5.74) is 2.06. The van der Waals surface area contributed by atoms with Gasteiger partial charge in [0.05, 0.1) is 21.7 Å². The van der Waals surface area contributed by atoms with E-state index in [1.54, 1.807) is 6.07 Å². The predicted octanol–water partition coefficient (Wildman–Crippen LogP) is 2.81. The molecule has 2 heterocycles. The molecule has 10 heteroatoms. The molecule has 0 amide bonds. The van der Waals surface area contributed by atoms with Gasteiger partial charge in [-0.2, -0.15) is 0 Å². The van der Waals surface area contributed by atoms with E-state index in [1.807, 2.05) is 6.92 Å². The number of nitrogens with two attached hydrogens (primary N) is 1. The van der Waals surface area contributed by atoms with Crippen LogP contribution in [0.4, 0.5) is 0 Å². The van der Waals surface area contributed by atoms with Crippen molar-refractivity contribution in [3.05, 3.63) is 46.1 Å². The Morgan fingerprint density at radius 3 is 2.66 bits per heavy atom. The summed E-state index contributed by atoms with van der Waals surface area (Å²) in [6.07, 6.45) is 3.67. The Kier molecular flexibility index (Phi) is 6.76. The smallest absolute Gasteiger partial charge is 0.251 e. The zero-order chi connectivity index (χ0) is 21.0. The van der Waals surface area contributed by atoms with E-state index in [9.17, 15) is 13.2 Å². The number of aromatic amines is 1. The number of hydrogen-bond donors (Lipinski definition) is 2. The van der Waals surface area contributed by atoms with E-state index in [0.717, 1.165) is 49.3 Å². The molecule has 0 aliphatic heterocycles. The van der Waals surface area contributed by atoms with Crippen LogP contribution in [0.2, 0.25) is 0 Å². The normalized spacial score (nSPS) is 12.0. The average Bonchev–Trinajstić information content (AvgIpc) is 3.00. The molecule has 0 aliphatic rings. The number of nitrogens with one attached hydrogen (secondary N) is 1. The van der Waals surface area contributed by atoms with Crippen LogP contribution in [0.25, 0.3) is 11.0 Å². The number of sulfonamides is 1. The van der Waals surface area contributed by atoms with E-state index in [1.165, 1.54) is 30.0 Å². The lowest BCUT2D eigenvalue weighted by Crippen LogP contribution is -2.11. The van der Waals surface area contributed by atoms with Gasteiger partial charge < -0.3 is 9.55 Å². The van der Waals surface area contributed by atoms with E-state index in [-0.39, 0.29) is 10.5 Å². The zero-order valence-electron chi connectivity index (χ0n) is 16.5. The Labute approximate surface area is 174 Å². The largest absolute Gasteiger partial charge is 0.327 e. The van der Waals surface area contributed by atoms with Crippen molar-refractivity contribution < 1.29 is 8.42 Å². The van der Waals surface area contributed by atoms with Gasteiger partial charge in [0.2, 0.25) is 10.0 Å². The van der Waals surface area contributed by atoms with Crippen LogP contribution in [0.5, 0.6) is 0 Å². The number of benzene rings is 1. The van der Waals surface area contributed by atoms with Crippen LogP contribution in [0.15, 0.2) is 39.1 Å². The van der Waals surface area contributed by atoms with Gasteiger partial charge in [-0.15, -0.1) is 0 Å². The molecule has 0 saturated heterocycles. The maximum atomic E-state index is 11.9. The molecule has 3 rings (SSSR count). The number of thioether (sulfide) groups is 1. The first-order chi connectivity index (χ1) is 13.8.